The van der Waals surface area contributed by atoms with Crippen LogP contribution < -0.4 is 0 Å². The molecule has 0 spiro atoms. The second kappa shape index (κ2) is 4.78. The summed E-state index contributed by atoms with van der Waals surface area (Å²) in [6, 6.07) is -0.171. The number of nitrogens with zero attached hydrogens (tertiary/aromatic N) is 2. The summed E-state index contributed by atoms with van der Waals surface area (Å²) in [5, 5.41) is 8.93. The number of likely N-dealkylation sites (tertiary alicyclic amines) is 1. The zero-order valence-electron chi connectivity index (χ0n) is 12.0. The van der Waals surface area contributed by atoms with Gasteiger partial charge in [-0.1, -0.05) is 13.8 Å². The van der Waals surface area contributed by atoms with Crippen molar-refractivity contribution < 1.29 is 14.7 Å². The Morgan fingerprint density at radius 1 is 1.33 bits per heavy atom. The Morgan fingerprint density at radius 2 is 1.89 bits per heavy atom. The molecule has 0 bridgehead atoms. The molecule has 5 heteroatoms. The minimum absolute atomic E-state index is 0.127. The van der Waals surface area contributed by atoms with Gasteiger partial charge in [-0.3, -0.25) is 4.79 Å². The Kier molecular flexibility index (Phi) is 3.93. The summed E-state index contributed by atoms with van der Waals surface area (Å²) in [4.78, 5) is 26.5. The molecule has 0 saturated carbocycles. The van der Waals surface area contributed by atoms with Crippen LogP contribution in [0.25, 0.3) is 0 Å². The highest BCUT2D eigenvalue weighted by atomic mass is 16.4. The van der Waals surface area contributed by atoms with Gasteiger partial charge in [0, 0.05) is 18.6 Å². The Balaban J connectivity index is 2.81. The van der Waals surface area contributed by atoms with Crippen LogP contribution in [0.3, 0.4) is 0 Å². The van der Waals surface area contributed by atoms with Crippen molar-refractivity contribution in [3.63, 3.8) is 0 Å². The molecule has 0 aliphatic carbocycles. The standard InChI is InChI=1S/C13H24N2O3/c1-12(2,3)15(8-10(16)17)11(18)14-7-6-13(4,5)9-14/h6-9H2,1-5H3,(H,16,17). The molecule has 1 aliphatic rings. The van der Waals surface area contributed by atoms with E-state index in [1.54, 1.807) is 4.90 Å². The molecule has 0 unspecified atom stereocenters. The molecule has 0 atom stereocenters. The molecule has 1 aliphatic heterocycles. The van der Waals surface area contributed by atoms with E-state index in [2.05, 4.69) is 13.8 Å². The van der Waals surface area contributed by atoms with Gasteiger partial charge in [-0.2, -0.15) is 0 Å². The van der Waals surface area contributed by atoms with E-state index in [4.69, 9.17) is 5.11 Å². The Labute approximate surface area is 109 Å². The van der Waals surface area contributed by atoms with Crippen molar-refractivity contribution in [3.8, 4) is 0 Å². The number of rotatable bonds is 2. The first-order valence-electron chi connectivity index (χ1n) is 6.31. The fourth-order valence-corrected chi connectivity index (χ4v) is 2.17. The highest BCUT2D eigenvalue weighted by molar-refractivity contribution is 5.81. The molecule has 1 rings (SSSR count). The van der Waals surface area contributed by atoms with Gasteiger partial charge in [-0.05, 0) is 32.6 Å². The summed E-state index contributed by atoms with van der Waals surface area (Å²) in [5.41, 5.74) is -0.357. The summed E-state index contributed by atoms with van der Waals surface area (Å²) < 4.78 is 0. The number of carbonyl (C=O) groups is 2. The maximum Gasteiger partial charge on any atom is 0.323 e. The monoisotopic (exact) mass is 256 g/mol. The maximum atomic E-state index is 12.4. The topological polar surface area (TPSA) is 60.9 Å². The van der Waals surface area contributed by atoms with Crippen LogP contribution in [0.5, 0.6) is 0 Å². The van der Waals surface area contributed by atoms with Crippen LogP contribution in [0.15, 0.2) is 0 Å². The minimum atomic E-state index is -0.975. The number of carboxylic acids is 1. The summed E-state index contributed by atoms with van der Waals surface area (Å²) in [6.45, 7) is 11.0. The van der Waals surface area contributed by atoms with E-state index >= 15 is 0 Å². The van der Waals surface area contributed by atoms with Gasteiger partial charge in [0.1, 0.15) is 6.54 Å². The molecule has 0 radical (unpaired) electrons. The summed E-state index contributed by atoms with van der Waals surface area (Å²) in [7, 11) is 0. The Morgan fingerprint density at radius 3 is 2.22 bits per heavy atom. The van der Waals surface area contributed by atoms with E-state index in [1.165, 1.54) is 4.90 Å². The van der Waals surface area contributed by atoms with Crippen molar-refractivity contribution in [3.05, 3.63) is 0 Å². The molecule has 2 amide bonds. The quantitative estimate of drug-likeness (QED) is 0.822. The largest absolute Gasteiger partial charge is 0.480 e. The maximum absolute atomic E-state index is 12.4. The van der Waals surface area contributed by atoms with Crippen molar-refractivity contribution in [2.45, 2.75) is 46.6 Å². The van der Waals surface area contributed by atoms with Gasteiger partial charge in [0.2, 0.25) is 0 Å². The first-order chi connectivity index (χ1) is 8.03. The first-order valence-corrected chi connectivity index (χ1v) is 6.31. The first kappa shape index (κ1) is 14.8. The minimum Gasteiger partial charge on any atom is -0.480 e. The smallest absolute Gasteiger partial charge is 0.323 e. The fraction of sp³-hybridized carbons (Fsp3) is 0.846. The molecule has 1 N–H and O–H groups in total. The van der Waals surface area contributed by atoms with E-state index < -0.39 is 11.5 Å². The molecular formula is C13H24N2O3. The van der Waals surface area contributed by atoms with E-state index in [1.807, 2.05) is 20.8 Å². The van der Waals surface area contributed by atoms with Gasteiger partial charge in [-0.15, -0.1) is 0 Å². The number of urea groups is 1. The average Bonchev–Trinajstić information content (AvgIpc) is 2.52. The number of hydrogen-bond acceptors (Lipinski definition) is 2. The molecule has 0 aromatic carbocycles. The molecule has 1 heterocycles. The predicted molar refractivity (Wildman–Crippen MR) is 69.5 cm³/mol. The summed E-state index contributed by atoms with van der Waals surface area (Å²) in [5.74, 6) is -0.975. The van der Waals surface area contributed by atoms with E-state index in [0.29, 0.717) is 13.1 Å². The fourth-order valence-electron chi connectivity index (χ4n) is 2.17. The number of carbonyl (C=O) groups excluding carboxylic acids is 1. The van der Waals surface area contributed by atoms with Crippen LogP contribution in [0, 0.1) is 5.41 Å². The van der Waals surface area contributed by atoms with Crippen LogP contribution in [0.2, 0.25) is 0 Å². The van der Waals surface area contributed by atoms with Crippen LogP contribution in [-0.2, 0) is 4.79 Å². The molecule has 5 nitrogen and oxygen atoms in total. The Bertz CT molecular complexity index is 345. The number of amides is 2. The van der Waals surface area contributed by atoms with E-state index in [0.717, 1.165) is 6.42 Å². The summed E-state index contributed by atoms with van der Waals surface area (Å²) in [6.07, 6.45) is 0.962. The zero-order valence-corrected chi connectivity index (χ0v) is 12.0. The van der Waals surface area contributed by atoms with Crippen LogP contribution in [0.4, 0.5) is 4.79 Å². The molecule has 0 aromatic rings. The third-order valence-corrected chi connectivity index (χ3v) is 3.28. The number of hydrogen-bond donors (Lipinski definition) is 1. The highest BCUT2D eigenvalue weighted by Crippen LogP contribution is 2.30. The molecule has 104 valence electrons. The van der Waals surface area contributed by atoms with Crippen molar-refractivity contribution in [1.82, 2.24) is 9.80 Å². The van der Waals surface area contributed by atoms with E-state index in [-0.39, 0.29) is 18.0 Å². The van der Waals surface area contributed by atoms with Crippen LogP contribution in [0.1, 0.15) is 41.0 Å². The lowest BCUT2D eigenvalue weighted by molar-refractivity contribution is -0.138. The Hall–Kier alpha value is -1.26. The predicted octanol–water partition coefficient (Wildman–Crippen LogP) is 2.02. The molecule has 18 heavy (non-hydrogen) atoms. The molecule has 1 fully saturated rings. The van der Waals surface area contributed by atoms with Crippen molar-refractivity contribution in [1.29, 1.82) is 0 Å². The highest BCUT2D eigenvalue weighted by Gasteiger charge is 2.37. The molecular weight excluding hydrogens is 232 g/mol. The lowest BCUT2D eigenvalue weighted by Gasteiger charge is -2.37. The number of aliphatic carboxylic acids is 1. The second-order valence-corrected chi connectivity index (χ2v) is 6.77. The van der Waals surface area contributed by atoms with Crippen molar-refractivity contribution in [2.24, 2.45) is 5.41 Å². The van der Waals surface area contributed by atoms with Gasteiger partial charge in [0.15, 0.2) is 0 Å². The lowest BCUT2D eigenvalue weighted by Crippen LogP contribution is -2.53. The van der Waals surface area contributed by atoms with Gasteiger partial charge in [0.25, 0.3) is 0 Å². The van der Waals surface area contributed by atoms with Crippen molar-refractivity contribution in [2.75, 3.05) is 19.6 Å². The third kappa shape index (κ3) is 3.62. The summed E-state index contributed by atoms with van der Waals surface area (Å²) >= 11 is 0. The van der Waals surface area contributed by atoms with Gasteiger partial charge in [0.05, 0.1) is 0 Å². The normalized spacial score (nSPS) is 18.8. The van der Waals surface area contributed by atoms with Gasteiger partial charge in [-0.25, -0.2) is 4.79 Å². The van der Waals surface area contributed by atoms with Crippen molar-refractivity contribution >= 4 is 12.0 Å². The third-order valence-electron chi connectivity index (χ3n) is 3.28. The average molecular weight is 256 g/mol. The lowest BCUT2D eigenvalue weighted by atomic mass is 9.93. The van der Waals surface area contributed by atoms with Gasteiger partial charge < -0.3 is 14.9 Å². The van der Waals surface area contributed by atoms with E-state index in [9.17, 15) is 9.59 Å². The SMILES string of the molecule is CC1(C)CCN(C(=O)N(CC(=O)O)C(C)(C)C)C1. The molecule has 0 aromatic heterocycles. The number of carboxylic acid groups (broad SMARTS) is 1. The van der Waals surface area contributed by atoms with Crippen LogP contribution >= 0.6 is 0 Å². The zero-order chi connectivity index (χ0) is 14.1. The van der Waals surface area contributed by atoms with Crippen LogP contribution in [-0.4, -0.2) is 52.1 Å². The van der Waals surface area contributed by atoms with Gasteiger partial charge >= 0.3 is 12.0 Å². The second-order valence-electron chi connectivity index (χ2n) is 6.77. The molecule has 1 saturated heterocycles.